The molecule has 0 saturated carbocycles. The maximum atomic E-state index is 13.7. The fourth-order valence-electron chi connectivity index (χ4n) is 4.84. The van der Waals surface area contributed by atoms with Crippen molar-refractivity contribution < 1.29 is 18.3 Å². The van der Waals surface area contributed by atoms with E-state index in [1.165, 1.54) is 22.6 Å². The number of hydrogen-bond acceptors (Lipinski definition) is 7. The summed E-state index contributed by atoms with van der Waals surface area (Å²) >= 11 is 0. The molecule has 3 atom stereocenters. The first-order chi connectivity index (χ1) is 16.8. The SMILES string of the molecule is C[C@@H]1CN([C@@H](C)CO)S(=O)(=O)c2ccc(C3=CCCCC3)cc2O[C@H]1CN(C)Cc1cncnc1. The maximum absolute atomic E-state index is 13.7. The Kier molecular flexibility index (Phi) is 8.21. The van der Waals surface area contributed by atoms with Crippen LogP contribution < -0.4 is 4.74 Å². The van der Waals surface area contributed by atoms with Gasteiger partial charge in [-0.3, -0.25) is 4.90 Å². The summed E-state index contributed by atoms with van der Waals surface area (Å²) in [4.78, 5) is 10.5. The molecule has 0 radical (unpaired) electrons. The van der Waals surface area contributed by atoms with Crippen molar-refractivity contribution in [2.24, 2.45) is 5.92 Å². The molecule has 2 aliphatic rings. The van der Waals surface area contributed by atoms with Gasteiger partial charge >= 0.3 is 0 Å². The van der Waals surface area contributed by atoms with Gasteiger partial charge in [-0.15, -0.1) is 0 Å². The van der Waals surface area contributed by atoms with Crippen LogP contribution in [0.2, 0.25) is 0 Å². The summed E-state index contributed by atoms with van der Waals surface area (Å²) < 4.78 is 35.3. The van der Waals surface area contributed by atoms with E-state index in [0.29, 0.717) is 18.8 Å². The fourth-order valence-corrected chi connectivity index (χ4v) is 6.66. The lowest BCUT2D eigenvalue weighted by Crippen LogP contribution is -2.49. The lowest BCUT2D eigenvalue weighted by molar-refractivity contribution is 0.0733. The summed E-state index contributed by atoms with van der Waals surface area (Å²) in [6.07, 6.45) is 11.5. The minimum absolute atomic E-state index is 0.0982. The van der Waals surface area contributed by atoms with E-state index in [-0.39, 0.29) is 30.1 Å². The Bertz CT molecular complexity index is 1140. The van der Waals surface area contributed by atoms with Crippen molar-refractivity contribution in [3.8, 4) is 5.75 Å². The van der Waals surface area contributed by atoms with Crippen molar-refractivity contribution in [2.75, 3.05) is 26.7 Å². The third kappa shape index (κ3) is 5.91. The Morgan fingerprint density at radius 2 is 2.03 bits per heavy atom. The van der Waals surface area contributed by atoms with Gasteiger partial charge in [0, 0.05) is 49.6 Å². The van der Waals surface area contributed by atoms with Crippen molar-refractivity contribution >= 4 is 15.6 Å². The number of fused-ring (bicyclic) bond motifs is 1. The minimum Gasteiger partial charge on any atom is -0.487 e. The largest absolute Gasteiger partial charge is 0.487 e. The van der Waals surface area contributed by atoms with Gasteiger partial charge in [-0.1, -0.05) is 19.1 Å². The van der Waals surface area contributed by atoms with Gasteiger partial charge in [0.05, 0.1) is 6.61 Å². The van der Waals surface area contributed by atoms with Crippen LogP contribution >= 0.6 is 0 Å². The molecule has 0 spiro atoms. The van der Waals surface area contributed by atoms with Gasteiger partial charge in [-0.05, 0) is 62.9 Å². The van der Waals surface area contributed by atoms with Crippen LogP contribution in [0.3, 0.4) is 0 Å². The third-order valence-electron chi connectivity index (χ3n) is 6.89. The molecule has 2 heterocycles. The Labute approximate surface area is 208 Å². The second-order valence-corrected chi connectivity index (χ2v) is 11.7. The number of nitrogens with zero attached hydrogens (tertiary/aromatic N) is 4. The average Bonchev–Trinajstić information content (AvgIpc) is 2.86. The standard InChI is InChI=1S/C26H36N4O4S/c1-19-14-30(20(2)17-31)35(32,33)26-10-9-23(22-7-5-4-6-8-22)11-24(26)34-25(19)16-29(3)15-21-12-27-18-28-13-21/h7,9-13,18-20,25,31H,4-6,8,14-17H2,1-3H3/t19-,20+,25+/m1/s1. The van der Waals surface area contributed by atoms with E-state index >= 15 is 0 Å². The summed E-state index contributed by atoms with van der Waals surface area (Å²) in [6, 6.07) is 4.92. The summed E-state index contributed by atoms with van der Waals surface area (Å²) in [5.41, 5.74) is 3.26. The zero-order chi connectivity index (χ0) is 25.0. The molecule has 190 valence electrons. The van der Waals surface area contributed by atoms with Crippen LogP contribution in [0.5, 0.6) is 5.75 Å². The molecular formula is C26H36N4O4S. The number of sulfonamides is 1. The number of aliphatic hydroxyl groups excluding tert-OH is 1. The molecule has 1 aromatic carbocycles. The maximum Gasteiger partial charge on any atom is 0.247 e. The first-order valence-corrected chi connectivity index (χ1v) is 13.8. The molecule has 0 unspecified atom stereocenters. The monoisotopic (exact) mass is 500 g/mol. The highest BCUT2D eigenvalue weighted by Crippen LogP contribution is 2.37. The predicted octanol–water partition coefficient (Wildman–Crippen LogP) is 3.33. The van der Waals surface area contributed by atoms with Gasteiger partial charge in [0.1, 0.15) is 23.1 Å². The zero-order valence-electron chi connectivity index (χ0n) is 20.8. The van der Waals surface area contributed by atoms with Crippen molar-refractivity contribution in [3.63, 3.8) is 0 Å². The fraction of sp³-hybridized carbons (Fsp3) is 0.538. The molecule has 0 saturated heterocycles. The van der Waals surface area contributed by atoms with Crippen LogP contribution in [0, 0.1) is 5.92 Å². The molecule has 2 aromatic rings. The summed E-state index contributed by atoms with van der Waals surface area (Å²) in [6.45, 7) is 5.03. The van der Waals surface area contributed by atoms with Crippen molar-refractivity contribution in [2.45, 2.75) is 63.1 Å². The Hall–Kier alpha value is -2.33. The zero-order valence-corrected chi connectivity index (χ0v) is 21.6. The lowest BCUT2D eigenvalue weighted by atomic mass is 9.93. The normalized spacial score (nSPS) is 23.5. The van der Waals surface area contributed by atoms with Crippen LogP contribution in [0.15, 0.2) is 47.9 Å². The first kappa shape index (κ1) is 25.8. The summed E-state index contributed by atoms with van der Waals surface area (Å²) in [7, 11) is -1.83. The number of ether oxygens (including phenoxy) is 1. The second kappa shape index (κ2) is 11.2. The number of hydrogen-bond donors (Lipinski definition) is 1. The van der Waals surface area contributed by atoms with E-state index in [1.807, 2.05) is 26.1 Å². The van der Waals surface area contributed by atoms with Gasteiger partial charge in [0.25, 0.3) is 0 Å². The molecule has 0 amide bonds. The highest BCUT2D eigenvalue weighted by molar-refractivity contribution is 7.89. The molecule has 0 fully saturated rings. The Balaban J connectivity index is 1.69. The molecular weight excluding hydrogens is 464 g/mol. The van der Waals surface area contributed by atoms with E-state index in [1.54, 1.807) is 25.4 Å². The highest BCUT2D eigenvalue weighted by Gasteiger charge is 2.38. The molecule has 1 aliphatic heterocycles. The predicted molar refractivity (Wildman–Crippen MR) is 135 cm³/mol. The van der Waals surface area contributed by atoms with Crippen LogP contribution in [0.25, 0.3) is 5.57 Å². The van der Waals surface area contributed by atoms with Gasteiger partial charge < -0.3 is 9.84 Å². The molecule has 0 bridgehead atoms. The van der Waals surface area contributed by atoms with E-state index in [4.69, 9.17) is 4.74 Å². The number of aliphatic hydroxyl groups is 1. The molecule has 1 aromatic heterocycles. The molecule has 1 N–H and O–H groups in total. The number of likely N-dealkylation sites (N-methyl/N-ethyl adjacent to an activating group) is 1. The summed E-state index contributed by atoms with van der Waals surface area (Å²) in [5, 5.41) is 9.84. The Morgan fingerprint density at radius 3 is 2.71 bits per heavy atom. The number of benzene rings is 1. The smallest absolute Gasteiger partial charge is 0.247 e. The van der Waals surface area contributed by atoms with Crippen LogP contribution in [0.4, 0.5) is 0 Å². The number of rotatable bonds is 7. The van der Waals surface area contributed by atoms with E-state index in [0.717, 1.165) is 30.4 Å². The average molecular weight is 501 g/mol. The van der Waals surface area contributed by atoms with E-state index in [2.05, 4.69) is 20.9 Å². The first-order valence-electron chi connectivity index (χ1n) is 12.3. The number of allylic oxidation sites excluding steroid dienone is 2. The van der Waals surface area contributed by atoms with Gasteiger partial charge in [0.15, 0.2) is 0 Å². The number of aromatic nitrogens is 2. The van der Waals surface area contributed by atoms with Gasteiger partial charge in [-0.2, -0.15) is 4.31 Å². The summed E-state index contributed by atoms with van der Waals surface area (Å²) in [5.74, 6) is 0.288. The quantitative estimate of drug-likeness (QED) is 0.623. The van der Waals surface area contributed by atoms with Crippen LogP contribution in [-0.2, 0) is 16.6 Å². The molecule has 4 rings (SSSR count). The van der Waals surface area contributed by atoms with Crippen molar-refractivity contribution in [1.29, 1.82) is 0 Å². The van der Waals surface area contributed by atoms with Crippen LogP contribution in [-0.4, -0.2) is 71.6 Å². The molecule has 35 heavy (non-hydrogen) atoms. The van der Waals surface area contributed by atoms with Crippen molar-refractivity contribution in [1.82, 2.24) is 19.2 Å². The molecule has 8 nitrogen and oxygen atoms in total. The van der Waals surface area contributed by atoms with Crippen LogP contribution in [0.1, 0.15) is 50.7 Å². The lowest BCUT2D eigenvalue weighted by Gasteiger charge is -2.37. The minimum atomic E-state index is -3.84. The second-order valence-electron chi connectivity index (χ2n) is 9.82. The third-order valence-corrected chi connectivity index (χ3v) is 8.91. The molecule has 1 aliphatic carbocycles. The van der Waals surface area contributed by atoms with Crippen molar-refractivity contribution in [3.05, 3.63) is 54.1 Å². The topological polar surface area (TPSA) is 95.9 Å². The van der Waals surface area contributed by atoms with Gasteiger partial charge in [0.2, 0.25) is 10.0 Å². The highest BCUT2D eigenvalue weighted by atomic mass is 32.2. The van der Waals surface area contributed by atoms with E-state index < -0.39 is 16.1 Å². The van der Waals surface area contributed by atoms with Gasteiger partial charge in [-0.25, -0.2) is 18.4 Å². The van der Waals surface area contributed by atoms with E-state index in [9.17, 15) is 13.5 Å². The Morgan fingerprint density at radius 1 is 1.26 bits per heavy atom. The molecule has 9 heteroatoms.